The Balaban J connectivity index is 1.38. The van der Waals surface area contributed by atoms with E-state index in [2.05, 4.69) is 39.2 Å². The third-order valence-corrected chi connectivity index (χ3v) is 8.71. The summed E-state index contributed by atoms with van der Waals surface area (Å²) in [7, 11) is 0. The quantitative estimate of drug-likeness (QED) is 0.232. The first-order valence-electron chi connectivity index (χ1n) is 13.0. The van der Waals surface area contributed by atoms with E-state index in [1.165, 1.54) is 12.8 Å². The second-order valence-corrected chi connectivity index (χ2v) is 11.8. The van der Waals surface area contributed by atoms with Gasteiger partial charge in [-0.15, -0.1) is 0 Å². The number of rotatable bonds is 5. The van der Waals surface area contributed by atoms with Crippen molar-refractivity contribution in [2.24, 2.45) is 5.92 Å². The van der Waals surface area contributed by atoms with Crippen molar-refractivity contribution >= 4 is 63.5 Å². The van der Waals surface area contributed by atoms with Gasteiger partial charge in [-0.25, -0.2) is 0 Å². The van der Waals surface area contributed by atoms with Gasteiger partial charge in [-0.1, -0.05) is 47.8 Å². The molecular formula is C30H27Cl3N4OS. The number of benzene rings is 2. The average Bonchev–Trinajstić information content (AvgIpc) is 3.54. The van der Waals surface area contributed by atoms with Crippen LogP contribution in [0.4, 0.5) is 11.4 Å². The lowest BCUT2D eigenvalue weighted by atomic mass is 9.98. The van der Waals surface area contributed by atoms with Crippen LogP contribution in [0.2, 0.25) is 15.1 Å². The van der Waals surface area contributed by atoms with E-state index in [9.17, 15) is 0 Å². The summed E-state index contributed by atoms with van der Waals surface area (Å²) < 4.78 is 6.45. The molecule has 0 radical (unpaired) electrons. The molecule has 0 spiro atoms. The van der Waals surface area contributed by atoms with E-state index in [1.807, 2.05) is 42.5 Å². The van der Waals surface area contributed by atoms with Crippen LogP contribution >= 0.6 is 47.0 Å². The van der Waals surface area contributed by atoms with Crippen LogP contribution in [0.15, 0.2) is 77.3 Å². The van der Waals surface area contributed by atoms with E-state index in [1.54, 1.807) is 18.3 Å². The molecule has 2 aromatic carbocycles. The van der Waals surface area contributed by atoms with Gasteiger partial charge in [-0.2, -0.15) is 0 Å². The van der Waals surface area contributed by atoms with E-state index >= 15 is 0 Å². The van der Waals surface area contributed by atoms with Crippen molar-refractivity contribution < 1.29 is 4.42 Å². The summed E-state index contributed by atoms with van der Waals surface area (Å²) >= 11 is 25.4. The molecule has 4 aromatic rings. The van der Waals surface area contributed by atoms with Crippen molar-refractivity contribution in [1.82, 2.24) is 10.3 Å². The third kappa shape index (κ3) is 5.23. The van der Waals surface area contributed by atoms with E-state index in [-0.39, 0.29) is 12.1 Å². The minimum atomic E-state index is -0.301. The molecule has 2 aliphatic heterocycles. The molecule has 2 fully saturated rings. The zero-order valence-corrected chi connectivity index (χ0v) is 24.4. The number of nitrogens with one attached hydrogen (secondary N) is 1. The topological polar surface area (TPSA) is 44.5 Å². The van der Waals surface area contributed by atoms with Gasteiger partial charge < -0.3 is 19.5 Å². The van der Waals surface area contributed by atoms with Gasteiger partial charge in [-0.05, 0) is 91.6 Å². The number of anilines is 2. The molecule has 2 atom stereocenters. The maximum absolute atomic E-state index is 6.89. The second kappa shape index (κ2) is 11.0. The highest BCUT2D eigenvalue weighted by Crippen LogP contribution is 2.45. The van der Waals surface area contributed by atoms with Gasteiger partial charge in [0.2, 0.25) is 0 Å². The highest BCUT2D eigenvalue weighted by molar-refractivity contribution is 7.80. The number of thiocarbonyl (C=S) groups is 1. The first kappa shape index (κ1) is 26.5. The van der Waals surface area contributed by atoms with E-state index in [0.717, 1.165) is 47.4 Å². The Hall–Kier alpha value is -2.77. The SMILES string of the molecule is CC1CCN(c2ccc(N3C(=S)N[C@H](c4ccccn4)[C@@H]3c3ccc(-c4ccc(Cl)cc4Cl)o3)cc2Cl)CC1. The molecule has 4 heterocycles. The molecule has 0 bridgehead atoms. The van der Waals surface area contributed by atoms with Crippen molar-refractivity contribution in [2.45, 2.75) is 31.8 Å². The maximum atomic E-state index is 6.89. The van der Waals surface area contributed by atoms with Crippen LogP contribution < -0.4 is 15.1 Å². The minimum absolute atomic E-state index is 0.236. The summed E-state index contributed by atoms with van der Waals surface area (Å²) in [5.74, 6) is 2.12. The largest absolute Gasteiger partial charge is 0.459 e. The summed E-state index contributed by atoms with van der Waals surface area (Å²) in [5.41, 5.74) is 3.57. The first-order chi connectivity index (χ1) is 18.9. The minimum Gasteiger partial charge on any atom is -0.459 e. The number of aromatic nitrogens is 1. The molecule has 0 amide bonds. The van der Waals surface area contributed by atoms with E-state index < -0.39 is 0 Å². The molecule has 200 valence electrons. The highest BCUT2D eigenvalue weighted by Gasteiger charge is 2.43. The van der Waals surface area contributed by atoms with Gasteiger partial charge in [0.25, 0.3) is 0 Å². The van der Waals surface area contributed by atoms with Crippen LogP contribution in [0, 0.1) is 5.92 Å². The zero-order chi connectivity index (χ0) is 27.1. The summed E-state index contributed by atoms with van der Waals surface area (Å²) in [6.07, 6.45) is 4.13. The van der Waals surface area contributed by atoms with Gasteiger partial charge in [0.15, 0.2) is 5.11 Å². The first-order valence-corrected chi connectivity index (χ1v) is 14.5. The number of furan rings is 1. The number of pyridine rings is 1. The fourth-order valence-corrected chi connectivity index (χ4v) is 6.56. The molecule has 9 heteroatoms. The number of hydrogen-bond acceptors (Lipinski definition) is 4. The number of piperidine rings is 1. The molecule has 2 aromatic heterocycles. The fourth-order valence-electron chi connectivity index (χ4n) is 5.42. The van der Waals surface area contributed by atoms with Crippen LogP contribution in [0.5, 0.6) is 0 Å². The Kier molecular flexibility index (Phi) is 7.47. The molecule has 2 aliphatic rings. The van der Waals surface area contributed by atoms with Crippen molar-refractivity contribution in [3.8, 4) is 11.3 Å². The molecule has 2 saturated heterocycles. The van der Waals surface area contributed by atoms with Gasteiger partial charge in [0, 0.05) is 35.6 Å². The number of nitrogens with zero attached hydrogens (tertiary/aromatic N) is 3. The molecule has 5 nitrogen and oxygen atoms in total. The maximum Gasteiger partial charge on any atom is 0.174 e. The number of halogens is 3. The van der Waals surface area contributed by atoms with Crippen LogP contribution in [0.1, 0.15) is 43.3 Å². The van der Waals surface area contributed by atoms with Gasteiger partial charge in [0.1, 0.15) is 17.6 Å². The zero-order valence-electron chi connectivity index (χ0n) is 21.3. The molecule has 0 aliphatic carbocycles. The summed E-state index contributed by atoms with van der Waals surface area (Å²) in [6, 6.07) is 20.8. The van der Waals surface area contributed by atoms with Crippen molar-refractivity contribution in [3.05, 3.63) is 99.4 Å². The summed E-state index contributed by atoms with van der Waals surface area (Å²) in [5, 5.41) is 5.85. The smallest absolute Gasteiger partial charge is 0.174 e. The number of hydrogen-bond donors (Lipinski definition) is 1. The summed E-state index contributed by atoms with van der Waals surface area (Å²) in [4.78, 5) is 9.06. The van der Waals surface area contributed by atoms with Crippen LogP contribution in [0.25, 0.3) is 11.3 Å². The monoisotopic (exact) mass is 596 g/mol. The van der Waals surface area contributed by atoms with Crippen LogP contribution in [-0.4, -0.2) is 23.2 Å². The lowest BCUT2D eigenvalue weighted by molar-refractivity contribution is 0.438. The Bertz CT molecular complexity index is 1500. The van der Waals surface area contributed by atoms with E-state index in [4.69, 9.17) is 51.4 Å². The molecule has 6 rings (SSSR count). The normalized spacial score (nSPS) is 19.9. The van der Waals surface area contributed by atoms with Gasteiger partial charge in [0.05, 0.1) is 27.5 Å². The Morgan fingerprint density at radius 3 is 2.49 bits per heavy atom. The molecule has 0 unspecified atom stereocenters. The Morgan fingerprint density at radius 2 is 1.77 bits per heavy atom. The fraction of sp³-hybridized carbons (Fsp3) is 0.267. The van der Waals surface area contributed by atoms with Crippen molar-refractivity contribution in [1.29, 1.82) is 0 Å². The third-order valence-electron chi connectivity index (χ3n) is 7.55. The van der Waals surface area contributed by atoms with Crippen LogP contribution in [0.3, 0.4) is 0 Å². The lowest BCUT2D eigenvalue weighted by Crippen LogP contribution is -2.33. The highest BCUT2D eigenvalue weighted by atomic mass is 35.5. The summed E-state index contributed by atoms with van der Waals surface area (Å²) in [6.45, 7) is 4.33. The predicted molar refractivity (Wildman–Crippen MR) is 164 cm³/mol. The lowest BCUT2D eigenvalue weighted by Gasteiger charge is -2.33. The van der Waals surface area contributed by atoms with Crippen molar-refractivity contribution in [2.75, 3.05) is 22.9 Å². The van der Waals surface area contributed by atoms with Crippen LogP contribution in [-0.2, 0) is 0 Å². The average molecular weight is 598 g/mol. The molecule has 1 N–H and O–H groups in total. The predicted octanol–water partition coefficient (Wildman–Crippen LogP) is 8.72. The molecular weight excluding hydrogens is 571 g/mol. The van der Waals surface area contributed by atoms with E-state index in [0.29, 0.717) is 25.9 Å². The Morgan fingerprint density at radius 1 is 0.949 bits per heavy atom. The van der Waals surface area contributed by atoms with Gasteiger partial charge >= 0.3 is 0 Å². The second-order valence-electron chi connectivity index (χ2n) is 10.1. The van der Waals surface area contributed by atoms with Crippen molar-refractivity contribution in [3.63, 3.8) is 0 Å². The Labute approximate surface area is 248 Å². The molecule has 39 heavy (non-hydrogen) atoms. The van der Waals surface area contributed by atoms with Gasteiger partial charge in [-0.3, -0.25) is 4.98 Å². The standard InChI is InChI=1S/C30H27Cl3N4OS/c1-18-11-14-36(15-12-18)25-8-6-20(17-23(25)33)37-29(28(35-30(37)39)24-4-2-3-13-34-24)27-10-9-26(38-27)21-7-5-19(31)16-22(21)32/h2-10,13,16-18,28-29H,11-12,14-15H2,1H3,(H,35,39)/t28-,29+/m1/s1. The molecule has 0 saturated carbocycles.